The van der Waals surface area contributed by atoms with Crippen LogP contribution in [0.4, 0.5) is 5.82 Å². The van der Waals surface area contributed by atoms with E-state index in [4.69, 9.17) is 10.3 Å². The number of hydrogen-bond donors (Lipinski definition) is 1. The van der Waals surface area contributed by atoms with E-state index in [9.17, 15) is 0 Å². The number of pyridine rings is 2. The number of rotatable bonds is 2. The Kier molecular flexibility index (Phi) is 2.68. The molecule has 0 saturated heterocycles. The van der Waals surface area contributed by atoms with Gasteiger partial charge in [0.2, 0.25) is 5.82 Å². The summed E-state index contributed by atoms with van der Waals surface area (Å²) < 4.78 is 5.21. The molecule has 3 aromatic heterocycles. The SMILES string of the molecule is Cc1ccncc1-c1noc(-c2cccc(N)n2)n1. The van der Waals surface area contributed by atoms with Crippen LogP contribution in [0.25, 0.3) is 23.0 Å². The lowest BCUT2D eigenvalue weighted by molar-refractivity contribution is 0.431. The summed E-state index contributed by atoms with van der Waals surface area (Å²) in [5, 5.41) is 3.95. The number of nitrogens with zero attached hydrogens (tertiary/aromatic N) is 4. The fourth-order valence-electron chi connectivity index (χ4n) is 1.71. The number of aryl methyl sites for hydroxylation is 1. The molecule has 0 atom stereocenters. The quantitative estimate of drug-likeness (QED) is 0.751. The summed E-state index contributed by atoms with van der Waals surface area (Å²) in [6, 6.07) is 7.15. The summed E-state index contributed by atoms with van der Waals surface area (Å²) in [5.41, 5.74) is 8.05. The molecule has 0 aromatic carbocycles. The average Bonchev–Trinajstić information content (AvgIpc) is 2.89. The van der Waals surface area contributed by atoms with Crippen LogP contribution in [0.5, 0.6) is 0 Å². The van der Waals surface area contributed by atoms with E-state index in [-0.39, 0.29) is 0 Å². The lowest BCUT2D eigenvalue weighted by Gasteiger charge is -1.97. The van der Waals surface area contributed by atoms with Crippen LogP contribution in [0, 0.1) is 6.92 Å². The van der Waals surface area contributed by atoms with Crippen LogP contribution in [0.1, 0.15) is 5.56 Å². The van der Waals surface area contributed by atoms with Crippen LogP contribution in [0.2, 0.25) is 0 Å². The maximum Gasteiger partial charge on any atom is 0.276 e. The van der Waals surface area contributed by atoms with Crippen LogP contribution in [-0.2, 0) is 0 Å². The minimum atomic E-state index is 0.338. The molecule has 0 saturated carbocycles. The van der Waals surface area contributed by atoms with Gasteiger partial charge in [0.05, 0.1) is 0 Å². The average molecular weight is 253 g/mol. The molecule has 3 rings (SSSR count). The second kappa shape index (κ2) is 4.49. The molecular formula is C13H11N5O. The first-order chi connectivity index (χ1) is 9.24. The van der Waals surface area contributed by atoms with E-state index in [1.807, 2.05) is 13.0 Å². The molecule has 0 aliphatic carbocycles. The zero-order valence-electron chi connectivity index (χ0n) is 10.2. The summed E-state index contributed by atoms with van der Waals surface area (Å²) in [7, 11) is 0. The summed E-state index contributed by atoms with van der Waals surface area (Å²) in [4.78, 5) is 12.5. The van der Waals surface area contributed by atoms with E-state index >= 15 is 0 Å². The molecule has 94 valence electrons. The van der Waals surface area contributed by atoms with Crippen molar-refractivity contribution in [2.45, 2.75) is 6.92 Å². The summed E-state index contributed by atoms with van der Waals surface area (Å²) >= 11 is 0. The Balaban J connectivity index is 2.03. The standard InChI is InChI=1S/C13H11N5O/c1-8-5-6-15-7-9(8)12-17-13(19-18-12)10-3-2-4-11(14)16-10/h2-7H,1H3,(H2,14,16). The highest BCUT2D eigenvalue weighted by molar-refractivity contribution is 5.60. The van der Waals surface area contributed by atoms with E-state index in [2.05, 4.69) is 20.1 Å². The van der Waals surface area contributed by atoms with Crippen LogP contribution in [0.15, 0.2) is 41.2 Å². The predicted molar refractivity (Wildman–Crippen MR) is 69.9 cm³/mol. The second-order valence-corrected chi connectivity index (χ2v) is 4.06. The Bertz CT molecular complexity index is 722. The normalized spacial score (nSPS) is 10.6. The van der Waals surface area contributed by atoms with Gasteiger partial charge in [-0.25, -0.2) is 4.98 Å². The lowest BCUT2D eigenvalue weighted by atomic mass is 10.1. The molecule has 0 fully saturated rings. The molecule has 6 nitrogen and oxygen atoms in total. The van der Waals surface area contributed by atoms with Gasteiger partial charge in [0.1, 0.15) is 11.5 Å². The van der Waals surface area contributed by atoms with Gasteiger partial charge in [0.15, 0.2) is 0 Å². The van der Waals surface area contributed by atoms with E-state index in [0.717, 1.165) is 11.1 Å². The van der Waals surface area contributed by atoms with Crippen LogP contribution in [-0.4, -0.2) is 20.1 Å². The van der Waals surface area contributed by atoms with Crippen molar-refractivity contribution in [2.75, 3.05) is 5.73 Å². The molecule has 0 spiro atoms. The van der Waals surface area contributed by atoms with Crippen LogP contribution in [0.3, 0.4) is 0 Å². The van der Waals surface area contributed by atoms with E-state index in [1.54, 1.807) is 30.6 Å². The number of nitrogens with two attached hydrogens (primary N) is 1. The molecule has 3 heterocycles. The Hall–Kier alpha value is -2.76. The first-order valence-electron chi connectivity index (χ1n) is 5.71. The van der Waals surface area contributed by atoms with Crippen molar-refractivity contribution in [3.05, 3.63) is 42.2 Å². The molecule has 0 radical (unpaired) electrons. The first-order valence-corrected chi connectivity index (χ1v) is 5.71. The van der Waals surface area contributed by atoms with Gasteiger partial charge in [-0.1, -0.05) is 11.2 Å². The van der Waals surface area contributed by atoms with Crippen LogP contribution < -0.4 is 5.73 Å². The van der Waals surface area contributed by atoms with Gasteiger partial charge in [0.25, 0.3) is 5.89 Å². The molecular weight excluding hydrogens is 242 g/mol. The Morgan fingerprint density at radius 3 is 2.84 bits per heavy atom. The predicted octanol–water partition coefficient (Wildman–Crippen LogP) is 2.08. The van der Waals surface area contributed by atoms with Gasteiger partial charge in [0, 0.05) is 18.0 Å². The van der Waals surface area contributed by atoms with Gasteiger partial charge >= 0.3 is 0 Å². The van der Waals surface area contributed by atoms with Gasteiger partial charge in [-0.2, -0.15) is 4.98 Å². The summed E-state index contributed by atoms with van der Waals surface area (Å²) in [6.45, 7) is 1.96. The van der Waals surface area contributed by atoms with Crippen molar-refractivity contribution in [1.29, 1.82) is 0 Å². The van der Waals surface area contributed by atoms with Crippen LogP contribution >= 0.6 is 0 Å². The third-order valence-corrected chi connectivity index (χ3v) is 2.70. The molecule has 0 amide bonds. The number of anilines is 1. The minimum absolute atomic E-state index is 0.338. The molecule has 2 N–H and O–H groups in total. The molecule has 0 bridgehead atoms. The molecule has 0 aliphatic heterocycles. The monoisotopic (exact) mass is 253 g/mol. The van der Waals surface area contributed by atoms with E-state index in [0.29, 0.717) is 23.2 Å². The Morgan fingerprint density at radius 1 is 1.16 bits per heavy atom. The van der Waals surface area contributed by atoms with Crippen molar-refractivity contribution in [3.63, 3.8) is 0 Å². The molecule has 0 unspecified atom stereocenters. The molecule has 3 aromatic rings. The smallest absolute Gasteiger partial charge is 0.276 e. The number of nitrogen functional groups attached to an aromatic ring is 1. The fraction of sp³-hybridized carbons (Fsp3) is 0.0769. The maximum atomic E-state index is 5.63. The highest BCUT2D eigenvalue weighted by Gasteiger charge is 2.13. The highest BCUT2D eigenvalue weighted by atomic mass is 16.5. The van der Waals surface area contributed by atoms with E-state index < -0.39 is 0 Å². The minimum Gasteiger partial charge on any atom is -0.384 e. The van der Waals surface area contributed by atoms with Crippen molar-refractivity contribution in [1.82, 2.24) is 20.1 Å². The molecule has 0 aliphatic rings. The van der Waals surface area contributed by atoms with Crippen molar-refractivity contribution in [2.24, 2.45) is 0 Å². The van der Waals surface area contributed by atoms with Gasteiger partial charge < -0.3 is 10.3 Å². The number of aromatic nitrogens is 4. The summed E-state index contributed by atoms with van der Waals surface area (Å²) in [5.74, 6) is 1.24. The van der Waals surface area contributed by atoms with Gasteiger partial charge in [-0.05, 0) is 30.7 Å². The zero-order valence-corrected chi connectivity index (χ0v) is 10.2. The lowest BCUT2D eigenvalue weighted by Crippen LogP contribution is -1.91. The van der Waals surface area contributed by atoms with Crippen molar-refractivity contribution < 1.29 is 4.52 Å². The third kappa shape index (κ3) is 2.15. The van der Waals surface area contributed by atoms with E-state index in [1.165, 1.54) is 0 Å². The zero-order chi connectivity index (χ0) is 13.2. The Labute approximate surface area is 109 Å². The van der Waals surface area contributed by atoms with Crippen molar-refractivity contribution >= 4 is 5.82 Å². The largest absolute Gasteiger partial charge is 0.384 e. The Morgan fingerprint density at radius 2 is 2.05 bits per heavy atom. The van der Waals surface area contributed by atoms with Gasteiger partial charge in [-0.15, -0.1) is 0 Å². The third-order valence-electron chi connectivity index (χ3n) is 2.70. The molecule has 19 heavy (non-hydrogen) atoms. The van der Waals surface area contributed by atoms with Crippen molar-refractivity contribution in [3.8, 4) is 23.0 Å². The first kappa shape index (κ1) is 11.3. The number of hydrogen-bond acceptors (Lipinski definition) is 6. The fourth-order valence-corrected chi connectivity index (χ4v) is 1.71. The van der Waals surface area contributed by atoms with Gasteiger partial charge in [-0.3, -0.25) is 4.98 Å². The topological polar surface area (TPSA) is 90.7 Å². The highest BCUT2D eigenvalue weighted by Crippen LogP contribution is 2.22. The second-order valence-electron chi connectivity index (χ2n) is 4.06. The molecule has 6 heteroatoms. The maximum absolute atomic E-state index is 5.63. The summed E-state index contributed by atoms with van der Waals surface area (Å²) in [6.07, 6.45) is 3.43.